The van der Waals surface area contributed by atoms with E-state index in [-0.39, 0.29) is 11.9 Å². The molecule has 1 amide bonds. The van der Waals surface area contributed by atoms with Gasteiger partial charge in [0, 0.05) is 23.7 Å². The van der Waals surface area contributed by atoms with Gasteiger partial charge in [0.2, 0.25) is 5.91 Å². The third-order valence-corrected chi connectivity index (χ3v) is 4.37. The van der Waals surface area contributed by atoms with Gasteiger partial charge in [-0.15, -0.1) is 0 Å². The average molecular weight is 319 g/mol. The highest BCUT2D eigenvalue weighted by Gasteiger charge is 2.33. The van der Waals surface area contributed by atoms with E-state index >= 15 is 0 Å². The van der Waals surface area contributed by atoms with Crippen LogP contribution in [0.15, 0.2) is 65.2 Å². The van der Waals surface area contributed by atoms with E-state index in [0.29, 0.717) is 18.7 Å². The van der Waals surface area contributed by atoms with E-state index in [1.807, 2.05) is 65.6 Å². The molecule has 0 bridgehead atoms. The molecule has 0 aliphatic carbocycles. The second kappa shape index (κ2) is 5.85. The molecular weight excluding hydrogens is 302 g/mol. The van der Waals surface area contributed by atoms with Crippen molar-refractivity contribution in [2.24, 2.45) is 5.73 Å². The maximum Gasteiger partial charge on any atom is 0.240 e. The Morgan fingerprint density at radius 1 is 1.17 bits per heavy atom. The Balaban J connectivity index is 1.62. The number of nitrogens with two attached hydrogens (primary N) is 1. The van der Waals surface area contributed by atoms with Gasteiger partial charge in [-0.05, 0) is 11.6 Å². The Hall–Kier alpha value is -3.08. The average Bonchev–Trinajstić information content (AvgIpc) is 3.21. The maximum absolute atomic E-state index is 11.8. The van der Waals surface area contributed by atoms with Crippen molar-refractivity contribution in [2.75, 3.05) is 4.90 Å². The van der Waals surface area contributed by atoms with Crippen LogP contribution >= 0.6 is 0 Å². The number of rotatable bonds is 4. The third-order valence-electron chi connectivity index (χ3n) is 4.37. The van der Waals surface area contributed by atoms with Gasteiger partial charge in [0.15, 0.2) is 5.76 Å². The number of benzene rings is 2. The number of hydrogen-bond donors (Lipinski definition) is 1. The van der Waals surface area contributed by atoms with Gasteiger partial charge >= 0.3 is 0 Å². The van der Waals surface area contributed by atoms with Crippen molar-refractivity contribution < 1.29 is 9.32 Å². The Morgan fingerprint density at radius 2 is 1.92 bits per heavy atom. The summed E-state index contributed by atoms with van der Waals surface area (Å²) in [6.07, 6.45) is 0.630. The second-order valence-electron chi connectivity index (χ2n) is 5.92. The van der Waals surface area contributed by atoms with Crippen LogP contribution in [0.2, 0.25) is 0 Å². The van der Waals surface area contributed by atoms with Crippen molar-refractivity contribution in [3.63, 3.8) is 0 Å². The molecule has 0 saturated heterocycles. The first kappa shape index (κ1) is 14.5. The van der Waals surface area contributed by atoms with Gasteiger partial charge in [-0.25, -0.2) is 0 Å². The largest absolute Gasteiger partial charge is 0.368 e. The standard InChI is InChI=1S/C19H17N3O2/c20-19(23)18-10-14-8-4-5-9-17(14)22(18)12-15-11-16(21-24-15)13-6-2-1-3-7-13/h1-9,11,18H,10,12H2,(H2,20,23)/t18-/m0/s1. The van der Waals surface area contributed by atoms with Gasteiger partial charge < -0.3 is 15.2 Å². The number of fused-ring (bicyclic) bond motifs is 1. The van der Waals surface area contributed by atoms with Crippen LogP contribution < -0.4 is 10.6 Å². The van der Waals surface area contributed by atoms with Crippen LogP contribution in [-0.4, -0.2) is 17.1 Å². The number of carbonyl (C=O) groups excluding carboxylic acids is 1. The molecule has 0 unspecified atom stereocenters. The first-order valence-corrected chi connectivity index (χ1v) is 7.87. The number of amides is 1. The zero-order valence-corrected chi connectivity index (χ0v) is 13.1. The van der Waals surface area contributed by atoms with E-state index in [9.17, 15) is 4.79 Å². The molecule has 1 atom stereocenters. The van der Waals surface area contributed by atoms with Gasteiger partial charge in [0.1, 0.15) is 11.7 Å². The second-order valence-corrected chi connectivity index (χ2v) is 5.92. The highest BCUT2D eigenvalue weighted by Crippen LogP contribution is 2.33. The van der Waals surface area contributed by atoms with Crippen molar-refractivity contribution >= 4 is 11.6 Å². The van der Waals surface area contributed by atoms with E-state index in [2.05, 4.69) is 5.16 Å². The summed E-state index contributed by atoms with van der Waals surface area (Å²) in [5.74, 6) is 0.380. The summed E-state index contributed by atoms with van der Waals surface area (Å²) in [5, 5.41) is 4.14. The summed E-state index contributed by atoms with van der Waals surface area (Å²) >= 11 is 0. The summed E-state index contributed by atoms with van der Waals surface area (Å²) < 4.78 is 5.48. The fraction of sp³-hybridized carbons (Fsp3) is 0.158. The minimum Gasteiger partial charge on any atom is -0.368 e. The minimum absolute atomic E-state index is 0.325. The Kier molecular flexibility index (Phi) is 3.54. The molecule has 3 aromatic rings. The lowest BCUT2D eigenvalue weighted by atomic mass is 10.1. The zero-order valence-electron chi connectivity index (χ0n) is 13.1. The molecule has 4 rings (SSSR count). The first-order valence-electron chi connectivity index (χ1n) is 7.87. The summed E-state index contributed by atoms with van der Waals surface area (Å²) in [6.45, 7) is 0.463. The monoisotopic (exact) mass is 319 g/mol. The number of anilines is 1. The minimum atomic E-state index is -0.354. The number of carbonyl (C=O) groups is 1. The van der Waals surface area contributed by atoms with Crippen LogP contribution in [0.25, 0.3) is 11.3 Å². The zero-order chi connectivity index (χ0) is 16.5. The van der Waals surface area contributed by atoms with Crippen LogP contribution in [0.1, 0.15) is 11.3 Å². The molecule has 0 spiro atoms. The maximum atomic E-state index is 11.8. The molecule has 24 heavy (non-hydrogen) atoms. The predicted molar refractivity (Wildman–Crippen MR) is 91.3 cm³/mol. The smallest absolute Gasteiger partial charge is 0.240 e. The normalized spacial score (nSPS) is 16.2. The van der Waals surface area contributed by atoms with E-state index in [1.54, 1.807) is 0 Å². The predicted octanol–water partition coefficient (Wildman–Crippen LogP) is 2.76. The Bertz CT molecular complexity index is 873. The van der Waals surface area contributed by atoms with Crippen LogP contribution in [0.4, 0.5) is 5.69 Å². The van der Waals surface area contributed by atoms with E-state index in [4.69, 9.17) is 10.3 Å². The van der Waals surface area contributed by atoms with Gasteiger partial charge in [-0.3, -0.25) is 4.79 Å². The van der Waals surface area contributed by atoms with Crippen LogP contribution in [-0.2, 0) is 17.8 Å². The highest BCUT2D eigenvalue weighted by molar-refractivity contribution is 5.86. The van der Waals surface area contributed by atoms with Crippen LogP contribution in [0.5, 0.6) is 0 Å². The topological polar surface area (TPSA) is 72.4 Å². The number of nitrogens with zero attached hydrogens (tertiary/aromatic N) is 2. The Labute approximate surface area is 139 Å². The number of hydrogen-bond acceptors (Lipinski definition) is 4. The lowest BCUT2D eigenvalue weighted by Crippen LogP contribution is -2.42. The molecule has 0 radical (unpaired) electrons. The fourth-order valence-corrected chi connectivity index (χ4v) is 3.20. The molecule has 2 aromatic carbocycles. The molecular formula is C19H17N3O2. The van der Waals surface area contributed by atoms with E-state index in [0.717, 1.165) is 22.5 Å². The summed E-state index contributed by atoms with van der Waals surface area (Å²) in [7, 11) is 0. The van der Waals surface area contributed by atoms with Crippen molar-refractivity contribution in [3.8, 4) is 11.3 Å². The molecule has 1 aromatic heterocycles. The molecule has 5 heteroatoms. The lowest BCUT2D eigenvalue weighted by Gasteiger charge is -2.23. The third kappa shape index (κ3) is 2.54. The van der Waals surface area contributed by atoms with E-state index in [1.165, 1.54) is 0 Å². The van der Waals surface area contributed by atoms with Crippen LogP contribution in [0, 0.1) is 0 Å². The molecule has 0 saturated carbocycles. The van der Waals surface area contributed by atoms with E-state index < -0.39 is 0 Å². The number of aromatic nitrogens is 1. The first-order chi connectivity index (χ1) is 11.7. The quantitative estimate of drug-likeness (QED) is 0.802. The molecule has 5 nitrogen and oxygen atoms in total. The molecule has 120 valence electrons. The number of para-hydroxylation sites is 1. The molecule has 0 fully saturated rings. The van der Waals surface area contributed by atoms with Crippen molar-refractivity contribution in [2.45, 2.75) is 19.0 Å². The molecule has 1 aliphatic rings. The SMILES string of the molecule is NC(=O)[C@@H]1Cc2ccccc2N1Cc1cc(-c2ccccc2)no1. The highest BCUT2D eigenvalue weighted by atomic mass is 16.5. The Morgan fingerprint density at radius 3 is 2.71 bits per heavy atom. The van der Waals surface area contributed by atoms with Gasteiger partial charge in [-0.1, -0.05) is 53.7 Å². The summed E-state index contributed by atoms with van der Waals surface area (Å²) in [4.78, 5) is 13.8. The number of primary amides is 1. The van der Waals surface area contributed by atoms with Crippen molar-refractivity contribution in [1.29, 1.82) is 0 Å². The van der Waals surface area contributed by atoms with Gasteiger partial charge in [0.05, 0.1) is 6.54 Å². The van der Waals surface area contributed by atoms with Gasteiger partial charge in [0.25, 0.3) is 0 Å². The fourth-order valence-electron chi connectivity index (χ4n) is 3.20. The van der Waals surface area contributed by atoms with Crippen molar-refractivity contribution in [1.82, 2.24) is 5.16 Å². The molecule has 2 N–H and O–H groups in total. The molecule has 1 aliphatic heterocycles. The summed E-state index contributed by atoms with van der Waals surface area (Å²) in [5.41, 5.74) is 9.53. The van der Waals surface area contributed by atoms with Crippen LogP contribution in [0.3, 0.4) is 0 Å². The lowest BCUT2D eigenvalue weighted by molar-refractivity contribution is -0.119. The van der Waals surface area contributed by atoms with Crippen molar-refractivity contribution in [3.05, 3.63) is 72.0 Å². The summed E-state index contributed by atoms with van der Waals surface area (Å²) in [6, 6.07) is 19.4. The molecule has 2 heterocycles. The van der Waals surface area contributed by atoms with Gasteiger partial charge in [-0.2, -0.15) is 0 Å².